The summed E-state index contributed by atoms with van der Waals surface area (Å²) in [6.07, 6.45) is 4.77. The van der Waals surface area contributed by atoms with Crippen LogP contribution in [-0.2, 0) is 24.1 Å². The van der Waals surface area contributed by atoms with Crippen molar-refractivity contribution < 1.29 is 9.53 Å². The van der Waals surface area contributed by atoms with Crippen molar-refractivity contribution in [3.63, 3.8) is 0 Å². The number of fused-ring (bicyclic) bond motifs is 3. The molecule has 6 nitrogen and oxygen atoms in total. The van der Waals surface area contributed by atoms with Crippen LogP contribution < -0.4 is 9.64 Å². The van der Waals surface area contributed by atoms with Crippen LogP contribution in [0.25, 0.3) is 21.6 Å². The van der Waals surface area contributed by atoms with E-state index < -0.39 is 0 Å². The molecule has 0 spiro atoms. The number of carbonyl (C=O) groups excluding carboxylic acids is 1. The predicted molar refractivity (Wildman–Crippen MR) is 154 cm³/mol. The minimum Gasteiger partial charge on any atom is -0.497 e. The number of anilines is 1. The molecular weight excluding hydrogens is 492 g/mol. The van der Waals surface area contributed by atoms with Crippen LogP contribution >= 0.6 is 11.3 Å². The van der Waals surface area contributed by atoms with Gasteiger partial charge in [0.15, 0.2) is 5.82 Å². The van der Waals surface area contributed by atoms with Gasteiger partial charge in [-0.25, -0.2) is 9.97 Å². The van der Waals surface area contributed by atoms with Gasteiger partial charge in [-0.05, 0) is 67.0 Å². The molecule has 38 heavy (non-hydrogen) atoms. The fourth-order valence-corrected chi connectivity index (χ4v) is 7.02. The number of nitrogens with zero attached hydrogens (tertiary/aromatic N) is 4. The predicted octanol–water partition coefficient (Wildman–Crippen LogP) is 5.77. The summed E-state index contributed by atoms with van der Waals surface area (Å²) in [6.45, 7) is 5.36. The Morgan fingerprint density at radius 1 is 1.03 bits per heavy atom. The average molecular weight is 527 g/mol. The lowest BCUT2D eigenvalue weighted by Gasteiger charge is -2.36. The first kappa shape index (κ1) is 24.9. The van der Waals surface area contributed by atoms with Crippen LogP contribution in [0.1, 0.15) is 35.8 Å². The standard InChI is InChI=1S/C31H34N4O2S/c1-21-8-14-25-26(20-21)38-31-28(25)30(32-29(33-31)23-10-12-24(37-2)13-11-23)35-18-16-34(17-19-35)27(36)15-9-22-6-4-3-5-7-22/h3-7,10-13,21H,8-9,14-20H2,1-2H3. The third kappa shape index (κ3) is 4.99. The number of hydrogen-bond acceptors (Lipinski definition) is 6. The van der Waals surface area contributed by atoms with Crippen LogP contribution in [0.2, 0.25) is 0 Å². The van der Waals surface area contributed by atoms with E-state index in [2.05, 4.69) is 24.0 Å². The highest BCUT2D eigenvalue weighted by Gasteiger charge is 2.28. The van der Waals surface area contributed by atoms with Crippen molar-refractivity contribution in [3.05, 3.63) is 70.6 Å². The summed E-state index contributed by atoms with van der Waals surface area (Å²) in [6, 6.07) is 18.2. The Kier molecular flexibility index (Phi) is 7.02. The fraction of sp³-hybridized carbons (Fsp3) is 0.387. The zero-order valence-corrected chi connectivity index (χ0v) is 23.0. The Balaban J connectivity index is 1.26. The number of piperazine rings is 1. The molecule has 1 amide bonds. The maximum Gasteiger partial charge on any atom is 0.223 e. The highest BCUT2D eigenvalue weighted by atomic mass is 32.1. The van der Waals surface area contributed by atoms with E-state index in [1.54, 1.807) is 7.11 Å². The molecular formula is C31H34N4O2S. The van der Waals surface area contributed by atoms with Crippen molar-refractivity contribution in [3.8, 4) is 17.1 Å². The smallest absolute Gasteiger partial charge is 0.223 e. The summed E-state index contributed by atoms with van der Waals surface area (Å²) in [4.78, 5) is 30.2. The lowest BCUT2D eigenvalue weighted by molar-refractivity contribution is -0.131. The zero-order chi connectivity index (χ0) is 26.1. The van der Waals surface area contributed by atoms with Crippen molar-refractivity contribution in [2.45, 2.75) is 39.0 Å². The van der Waals surface area contributed by atoms with E-state index in [4.69, 9.17) is 14.7 Å². The molecule has 0 bridgehead atoms. The topological polar surface area (TPSA) is 58.6 Å². The first-order valence-electron chi connectivity index (χ1n) is 13.6. The van der Waals surface area contributed by atoms with E-state index in [1.165, 1.54) is 27.8 Å². The molecule has 196 valence electrons. The quantitative estimate of drug-likeness (QED) is 0.319. The highest BCUT2D eigenvalue weighted by Crippen LogP contribution is 2.42. The molecule has 1 unspecified atom stereocenters. The molecule has 1 fully saturated rings. The summed E-state index contributed by atoms with van der Waals surface area (Å²) >= 11 is 1.84. The van der Waals surface area contributed by atoms with Gasteiger partial charge in [-0.2, -0.15) is 0 Å². The van der Waals surface area contributed by atoms with Crippen LogP contribution in [0.15, 0.2) is 54.6 Å². The summed E-state index contributed by atoms with van der Waals surface area (Å²) in [5, 5.41) is 1.23. The zero-order valence-electron chi connectivity index (χ0n) is 22.2. The van der Waals surface area contributed by atoms with Gasteiger partial charge in [0.05, 0.1) is 12.5 Å². The van der Waals surface area contributed by atoms with Gasteiger partial charge in [-0.15, -0.1) is 11.3 Å². The van der Waals surface area contributed by atoms with E-state index in [0.717, 1.165) is 73.2 Å². The third-order valence-electron chi connectivity index (χ3n) is 7.89. The summed E-state index contributed by atoms with van der Waals surface area (Å²) in [7, 11) is 1.68. The first-order valence-corrected chi connectivity index (χ1v) is 14.4. The lowest BCUT2D eigenvalue weighted by atomic mass is 9.89. The number of methoxy groups -OCH3 is 1. The van der Waals surface area contributed by atoms with Crippen molar-refractivity contribution in [1.29, 1.82) is 0 Å². The Morgan fingerprint density at radius 3 is 2.53 bits per heavy atom. The van der Waals surface area contributed by atoms with Crippen molar-refractivity contribution in [1.82, 2.24) is 14.9 Å². The number of amides is 1. The number of thiophene rings is 1. The number of carbonyl (C=O) groups is 1. The van der Waals surface area contributed by atoms with Gasteiger partial charge >= 0.3 is 0 Å². The molecule has 2 aliphatic rings. The van der Waals surface area contributed by atoms with E-state index in [0.29, 0.717) is 12.3 Å². The molecule has 2 aromatic carbocycles. The van der Waals surface area contributed by atoms with Crippen LogP contribution in [0.4, 0.5) is 5.82 Å². The molecule has 0 saturated carbocycles. The summed E-state index contributed by atoms with van der Waals surface area (Å²) in [5.41, 5.74) is 3.65. The normalized spacial score (nSPS) is 17.5. The van der Waals surface area contributed by atoms with Gasteiger partial charge in [0.25, 0.3) is 0 Å². The Bertz CT molecular complexity index is 1430. The second kappa shape index (κ2) is 10.7. The van der Waals surface area contributed by atoms with Gasteiger partial charge in [-0.3, -0.25) is 4.79 Å². The lowest BCUT2D eigenvalue weighted by Crippen LogP contribution is -2.49. The van der Waals surface area contributed by atoms with Crippen LogP contribution in [0.5, 0.6) is 5.75 Å². The van der Waals surface area contributed by atoms with Gasteiger partial charge in [0.2, 0.25) is 5.91 Å². The van der Waals surface area contributed by atoms with Gasteiger partial charge in [0, 0.05) is 43.0 Å². The molecule has 1 saturated heterocycles. The molecule has 4 aromatic rings. The van der Waals surface area contributed by atoms with Gasteiger partial charge in [-0.1, -0.05) is 37.3 Å². The van der Waals surface area contributed by atoms with E-state index in [1.807, 2.05) is 58.7 Å². The monoisotopic (exact) mass is 526 g/mol. The van der Waals surface area contributed by atoms with Crippen LogP contribution in [0, 0.1) is 5.92 Å². The van der Waals surface area contributed by atoms with Crippen molar-refractivity contribution >= 4 is 33.3 Å². The number of hydrogen-bond donors (Lipinski definition) is 0. The second-order valence-electron chi connectivity index (χ2n) is 10.5. The van der Waals surface area contributed by atoms with Crippen LogP contribution in [-0.4, -0.2) is 54.1 Å². The summed E-state index contributed by atoms with van der Waals surface area (Å²) < 4.78 is 5.35. The maximum atomic E-state index is 13.0. The molecule has 3 heterocycles. The van der Waals surface area contributed by atoms with Gasteiger partial charge in [0.1, 0.15) is 16.4 Å². The molecule has 6 rings (SSSR count). The maximum absolute atomic E-state index is 13.0. The van der Waals surface area contributed by atoms with Crippen molar-refractivity contribution in [2.75, 3.05) is 38.2 Å². The number of aryl methyl sites for hydroxylation is 2. The molecule has 0 radical (unpaired) electrons. The Hall–Kier alpha value is -3.45. The average Bonchev–Trinajstić information content (AvgIpc) is 3.33. The van der Waals surface area contributed by atoms with E-state index in [9.17, 15) is 4.79 Å². The molecule has 7 heteroatoms. The van der Waals surface area contributed by atoms with Crippen LogP contribution in [0.3, 0.4) is 0 Å². The molecule has 1 aliphatic carbocycles. The Morgan fingerprint density at radius 2 is 1.79 bits per heavy atom. The minimum atomic E-state index is 0.238. The number of rotatable bonds is 6. The number of ether oxygens (including phenoxy) is 1. The number of benzene rings is 2. The molecule has 1 atom stereocenters. The summed E-state index contributed by atoms with van der Waals surface area (Å²) in [5.74, 6) is 3.55. The van der Waals surface area contributed by atoms with E-state index >= 15 is 0 Å². The van der Waals surface area contributed by atoms with E-state index in [-0.39, 0.29) is 5.91 Å². The Labute approximate surface area is 228 Å². The molecule has 0 N–H and O–H groups in total. The fourth-order valence-electron chi connectivity index (χ4n) is 5.64. The third-order valence-corrected chi connectivity index (χ3v) is 9.03. The molecule has 2 aromatic heterocycles. The molecule has 1 aliphatic heterocycles. The highest BCUT2D eigenvalue weighted by molar-refractivity contribution is 7.19. The van der Waals surface area contributed by atoms with Crippen molar-refractivity contribution in [2.24, 2.45) is 5.92 Å². The number of aromatic nitrogens is 2. The second-order valence-corrected chi connectivity index (χ2v) is 11.6. The first-order chi connectivity index (χ1) is 18.6. The minimum absolute atomic E-state index is 0.238. The van der Waals surface area contributed by atoms with Gasteiger partial charge < -0.3 is 14.5 Å². The largest absolute Gasteiger partial charge is 0.497 e. The SMILES string of the molecule is COc1ccc(-c2nc(N3CCN(C(=O)CCc4ccccc4)CC3)c3c4c(sc3n2)CC(C)CC4)cc1.